The van der Waals surface area contributed by atoms with Crippen LogP contribution in [0.1, 0.15) is 45.1 Å². The van der Waals surface area contributed by atoms with Gasteiger partial charge >= 0.3 is 5.97 Å². The molecule has 1 heterocycles. The Morgan fingerprint density at radius 2 is 1.74 bits per heavy atom. The number of carbonyl (C=O) groups excluding carboxylic acids is 3. The Labute approximate surface area is 186 Å². The number of carboxylic acid groups (broad SMARTS) is 1. The van der Waals surface area contributed by atoms with Crippen LogP contribution in [0.25, 0.3) is 0 Å². The fraction of sp³-hybridized carbons (Fsp3) is 0.550. The average molecular weight is 456 g/mol. The van der Waals surface area contributed by atoms with Crippen molar-refractivity contribution >= 4 is 35.5 Å². The molecule has 0 fully saturated rings. The van der Waals surface area contributed by atoms with Gasteiger partial charge in [0.15, 0.2) is 0 Å². The van der Waals surface area contributed by atoms with E-state index >= 15 is 0 Å². The standard InChI is InChI=1S/C20H30ClN5O5/c1-3-4-5-17(26(21)13(2)27)19(29)25-16(12-14-7-10-23-11-8-14)18(28)24-15(6-9-22)20(30)31/h7-8,10-11,15-17H,3-6,9,12,22H2,1-2H3,(H,24,28)(H,25,29)(H,30,31)/t15-,16-,17-/m0/s1. The molecule has 3 atom stereocenters. The fourth-order valence-corrected chi connectivity index (χ4v) is 3.08. The fourth-order valence-electron chi connectivity index (χ4n) is 2.89. The second-order valence-corrected chi connectivity index (χ2v) is 7.45. The highest BCUT2D eigenvalue weighted by atomic mass is 35.5. The van der Waals surface area contributed by atoms with Gasteiger partial charge in [-0.2, -0.15) is 0 Å². The molecule has 172 valence electrons. The van der Waals surface area contributed by atoms with E-state index in [1.165, 1.54) is 6.92 Å². The lowest BCUT2D eigenvalue weighted by atomic mass is 10.0. The predicted octanol–water partition coefficient (Wildman–Crippen LogP) is 0.588. The van der Waals surface area contributed by atoms with E-state index in [9.17, 15) is 24.3 Å². The number of halogens is 1. The molecule has 0 spiro atoms. The number of nitrogens with one attached hydrogen (secondary N) is 2. The number of rotatable bonds is 13. The van der Waals surface area contributed by atoms with Crippen molar-refractivity contribution in [3.8, 4) is 0 Å². The van der Waals surface area contributed by atoms with Gasteiger partial charge in [0.2, 0.25) is 17.7 Å². The molecule has 5 N–H and O–H groups in total. The minimum absolute atomic E-state index is 0.0376. The van der Waals surface area contributed by atoms with Crippen LogP contribution in [0.5, 0.6) is 0 Å². The van der Waals surface area contributed by atoms with Crippen molar-refractivity contribution in [3.63, 3.8) is 0 Å². The van der Waals surface area contributed by atoms with Gasteiger partial charge in [-0.15, -0.1) is 0 Å². The molecule has 10 nitrogen and oxygen atoms in total. The van der Waals surface area contributed by atoms with Gasteiger partial charge < -0.3 is 21.5 Å². The van der Waals surface area contributed by atoms with Gasteiger partial charge in [0.25, 0.3) is 0 Å². The Balaban J connectivity index is 3.08. The van der Waals surface area contributed by atoms with E-state index in [1.807, 2.05) is 6.92 Å². The lowest BCUT2D eigenvalue weighted by Gasteiger charge is -2.27. The van der Waals surface area contributed by atoms with Crippen molar-refractivity contribution in [2.45, 2.75) is 64.1 Å². The summed E-state index contributed by atoms with van der Waals surface area (Å²) in [6.45, 7) is 3.24. The number of carboxylic acids is 1. The number of amides is 3. The number of pyridine rings is 1. The maximum absolute atomic E-state index is 12.9. The van der Waals surface area contributed by atoms with E-state index in [0.717, 1.165) is 10.8 Å². The van der Waals surface area contributed by atoms with Crippen LogP contribution in [0.15, 0.2) is 24.5 Å². The molecule has 0 radical (unpaired) electrons. The Kier molecular flexibility index (Phi) is 11.5. The quantitative estimate of drug-likeness (QED) is 0.317. The molecule has 0 aromatic carbocycles. The summed E-state index contributed by atoms with van der Waals surface area (Å²) in [5, 5.41) is 14.3. The number of nitrogens with zero attached hydrogens (tertiary/aromatic N) is 2. The van der Waals surface area contributed by atoms with Crippen molar-refractivity contribution < 1.29 is 24.3 Å². The van der Waals surface area contributed by atoms with E-state index < -0.39 is 41.8 Å². The lowest BCUT2D eigenvalue weighted by Crippen LogP contribution is -2.56. The van der Waals surface area contributed by atoms with Gasteiger partial charge in [-0.1, -0.05) is 19.8 Å². The van der Waals surface area contributed by atoms with Crippen LogP contribution in [0.2, 0.25) is 0 Å². The molecule has 1 aromatic rings. The van der Waals surface area contributed by atoms with Gasteiger partial charge in [0, 0.05) is 37.5 Å². The van der Waals surface area contributed by atoms with Crippen molar-refractivity contribution in [2.75, 3.05) is 6.54 Å². The van der Waals surface area contributed by atoms with Crippen LogP contribution in [0, 0.1) is 0 Å². The van der Waals surface area contributed by atoms with E-state index in [2.05, 4.69) is 15.6 Å². The zero-order chi connectivity index (χ0) is 23.4. The molecular weight excluding hydrogens is 426 g/mol. The third-order valence-electron chi connectivity index (χ3n) is 4.60. The molecule has 31 heavy (non-hydrogen) atoms. The van der Waals surface area contributed by atoms with Crippen LogP contribution in [0.4, 0.5) is 0 Å². The average Bonchev–Trinajstić information content (AvgIpc) is 2.73. The van der Waals surface area contributed by atoms with Crippen molar-refractivity contribution in [3.05, 3.63) is 30.1 Å². The number of unbranched alkanes of at least 4 members (excludes halogenated alkanes) is 1. The Morgan fingerprint density at radius 1 is 1.13 bits per heavy atom. The van der Waals surface area contributed by atoms with Crippen LogP contribution in [0.3, 0.4) is 0 Å². The summed E-state index contributed by atoms with van der Waals surface area (Å²) in [4.78, 5) is 52.8. The summed E-state index contributed by atoms with van der Waals surface area (Å²) in [5.41, 5.74) is 6.14. The summed E-state index contributed by atoms with van der Waals surface area (Å²) in [7, 11) is 0. The second-order valence-electron chi connectivity index (χ2n) is 7.09. The minimum atomic E-state index is -1.22. The summed E-state index contributed by atoms with van der Waals surface area (Å²) in [6.07, 6.45) is 4.97. The van der Waals surface area contributed by atoms with E-state index in [1.54, 1.807) is 24.5 Å². The molecule has 1 aromatic heterocycles. The third kappa shape index (κ3) is 8.89. The molecule has 0 saturated carbocycles. The highest BCUT2D eigenvalue weighted by molar-refractivity contribution is 6.22. The second kappa shape index (κ2) is 13.6. The normalized spacial score (nSPS) is 13.5. The third-order valence-corrected chi connectivity index (χ3v) is 5.07. The van der Waals surface area contributed by atoms with Crippen LogP contribution in [-0.2, 0) is 25.6 Å². The molecule has 0 aliphatic heterocycles. The van der Waals surface area contributed by atoms with Gasteiger partial charge in [0.1, 0.15) is 18.1 Å². The lowest BCUT2D eigenvalue weighted by molar-refractivity contribution is -0.142. The van der Waals surface area contributed by atoms with Gasteiger partial charge in [-0.05, 0) is 37.1 Å². The first-order valence-corrected chi connectivity index (χ1v) is 10.4. The molecule has 0 aliphatic carbocycles. The van der Waals surface area contributed by atoms with Crippen molar-refractivity contribution in [1.82, 2.24) is 20.0 Å². The Bertz CT molecular complexity index is 749. The summed E-state index contributed by atoms with van der Waals surface area (Å²) < 4.78 is 0.820. The predicted molar refractivity (Wildman–Crippen MR) is 115 cm³/mol. The monoisotopic (exact) mass is 455 g/mol. The SMILES string of the molecule is CCCC[C@@H](C(=O)N[C@@H](Cc1ccncc1)C(=O)N[C@@H](CCN)C(=O)O)N(Cl)C(C)=O. The van der Waals surface area contributed by atoms with E-state index in [0.29, 0.717) is 18.4 Å². The Hall–Kier alpha value is -2.72. The highest BCUT2D eigenvalue weighted by Crippen LogP contribution is 2.14. The largest absolute Gasteiger partial charge is 0.480 e. The number of nitrogens with two attached hydrogens (primary N) is 1. The van der Waals surface area contributed by atoms with Crippen LogP contribution in [-0.4, -0.2) is 62.9 Å². The van der Waals surface area contributed by atoms with Crippen LogP contribution >= 0.6 is 11.8 Å². The number of hydrogen-bond acceptors (Lipinski definition) is 6. The number of carbonyl (C=O) groups is 4. The maximum atomic E-state index is 12.9. The molecule has 0 bridgehead atoms. The minimum Gasteiger partial charge on any atom is -0.480 e. The number of aliphatic carboxylic acids is 1. The molecular formula is C20H30ClN5O5. The van der Waals surface area contributed by atoms with Gasteiger partial charge in [-0.3, -0.25) is 19.4 Å². The first-order chi connectivity index (χ1) is 14.7. The zero-order valence-corrected chi connectivity index (χ0v) is 18.5. The van der Waals surface area contributed by atoms with Crippen molar-refractivity contribution in [2.24, 2.45) is 5.73 Å². The number of aromatic nitrogens is 1. The molecule has 0 aliphatic rings. The summed E-state index contributed by atoms with van der Waals surface area (Å²) >= 11 is 6.03. The molecule has 0 saturated heterocycles. The number of hydrogen-bond donors (Lipinski definition) is 4. The molecule has 11 heteroatoms. The van der Waals surface area contributed by atoms with E-state index in [-0.39, 0.29) is 19.4 Å². The summed E-state index contributed by atoms with van der Waals surface area (Å²) in [5.74, 6) is -3.00. The first-order valence-electron chi connectivity index (χ1n) is 10.1. The van der Waals surface area contributed by atoms with Gasteiger partial charge in [-0.25, -0.2) is 9.21 Å². The highest BCUT2D eigenvalue weighted by Gasteiger charge is 2.32. The molecule has 0 unspecified atom stereocenters. The molecule has 1 rings (SSSR count). The first kappa shape index (κ1) is 26.3. The van der Waals surface area contributed by atoms with Crippen molar-refractivity contribution in [1.29, 1.82) is 0 Å². The molecule has 3 amide bonds. The van der Waals surface area contributed by atoms with Crippen LogP contribution < -0.4 is 16.4 Å². The Morgan fingerprint density at radius 3 is 2.26 bits per heavy atom. The topological polar surface area (TPSA) is 155 Å². The maximum Gasteiger partial charge on any atom is 0.326 e. The smallest absolute Gasteiger partial charge is 0.326 e. The van der Waals surface area contributed by atoms with E-state index in [4.69, 9.17) is 17.5 Å². The summed E-state index contributed by atoms with van der Waals surface area (Å²) in [6, 6.07) is 0.117. The van der Waals surface area contributed by atoms with Gasteiger partial charge in [0.05, 0.1) is 0 Å². The zero-order valence-electron chi connectivity index (χ0n) is 17.7.